The Morgan fingerprint density at radius 1 is 1.50 bits per heavy atom. The van der Waals surface area contributed by atoms with Crippen LogP contribution >= 0.6 is 11.5 Å². The van der Waals surface area contributed by atoms with Crippen molar-refractivity contribution in [2.45, 2.75) is 19.8 Å². The highest BCUT2D eigenvalue weighted by Crippen LogP contribution is 2.24. The van der Waals surface area contributed by atoms with Gasteiger partial charge in [0.25, 0.3) is 0 Å². The molecule has 1 rings (SSSR count). The summed E-state index contributed by atoms with van der Waals surface area (Å²) in [5.41, 5.74) is 12.7. The second-order valence-electron chi connectivity index (χ2n) is 2.16. The van der Waals surface area contributed by atoms with Crippen LogP contribution in [0.15, 0.2) is 0 Å². The first-order valence-corrected chi connectivity index (χ1v) is 4.02. The van der Waals surface area contributed by atoms with Crippen molar-refractivity contribution in [1.29, 1.82) is 0 Å². The number of aryl methyl sites for hydroxylation is 1. The maximum atomic E-state index is 5.61. The maximum Gasteiger partial charge on any atom is 0.130 e. The zero-order valence-corrected chi connectivity index (χ0v) is 6.74. The second kappa shape index (κ2) is 2.88. The summed E-state index contributed by atoms with van der Waals surface area (Å²) in [6, 6.07) is 0. The van der Waals surface area contributed by atoms with Gasteiger partial charge in [0.15, 0.2) is 0 Å². The highest BCUT2D eigenvalue weighted by molar-refractivity contribution is 7.10. The van der Waals surface area contributed by atoms with Crippen LogP contribution in [0.3, 0.4) is 0 Å². The molecule has 0 aliphatic heterocycles. The standard InChI is InChI=1S/C6H11N3S/c1-2-3-4-5(7)6(8)10-9-4/h2-3,7-8H2,1H3. The molecule has 0 radical (unpaired) electrons. The van der Waals surface area contributed by atoms with E-state index in [0.29, 0.717) is 10.7 Å². The van der Waals surface area contributed by atoms with Gasteiger partial charge in [-0.1, -0.05) is 13.3 Å². The van der Waals surface area contributed by atoms with Crippen LogP contribution in [-0.4, -0.2) is 4.37 Å². The highest BCUT2D eigenvalue weighted by atomic mass is 32.1. The summed E-state index contributed by atoms with van der Waals surface area (Å²) < 4.78 is 4.10. The number of anilines is 2. The van der Waals surface area contributed by atoms with Crippen molar-refractivity contribution in [3.63, 3.8) is 0 Å². The molecule has 0 aliphatic carbocycles. The zero-order chi connectivity index (χ0) is 7.56. The smallest absolute Gasteiger partial charge is 0.130 e. The maximum absolute atomic E-state index is 5.61. The van der Waals surface area contributed by atoms with E-state index >= 15 is 0 Å². The number of hydrogen-bond acceptors (Lipinski definition) is 4. The lowest BCUT2D eigenvalue weighted by Gasteiger charge is -1.92. The van der Waals surface area contributed by atoms with Gasteiger partial charge in [-0.05, 0) is 18.0 Å². The lowest BCUT2D eigenvalue weighted by molar-refractivity contribution is 0.903. The minimum Gasteiger partial charge on any atom is -0.395 e. The number of nitrogens with two attached hydrogens (primary N) is 2. The van der Waals surface area contributed by atoms with E-state index in [9.17, 15) is 0 Å². The molecular formula is C6H11N3S. The van der Waals surface area contributed by atoms with Gasteiger partial charge in [0.05, 0.1) is 11.4 Å². The van der Waals surface area contributed by atoms with Crippen molar-refractivity contribution < 1.29 is 0 Å². The minimum absolute atomic E-state index is 0.642. The monoisotopic (exact) mass is 157 g/mol. The molecular weight excluding hydrogens is 146 g/mol. The summed E-state index contributed by atoms with van der Waals surface area (Å²) >= 11 is 1.27. The van der Waals surface area contributed by atoms with Gasteiger partial charge in [0.2, 0.25) is 0 Å². The molecule has 4 N–H and O–H groups in total. The molecule has 10 heavy (non-hydrogen) atoms. The van der Waals surface area contributed by atoms with Crippen molar-refractivity contribution in [3.8, 4) is 0 Å². The van der Waals surface area contributed by atoms with Crippen molar-refractivity contribution >= 4 is 22.2 Å². The van der Waals surface area contributed by atoms with Gasteiger partial charge in [-0.15, -0.1) is 0 Å². The number of aromatic nitrogens is 1. The molecule has 1 aromatic rings. The molecule has 0 spiro atoms. The normalized spacial score (nSPS) is 10.1. The average Bonchev–Trinajstić information content (AvgIpc) is 2.20. The minimum atomic E-state index is 0.642. The van der Waals surface area contributed by atoms with E-state index in [1.54, 1.807) is 0 Å². The van der Waals surface area contributed by atoms with Crippen LogP contribution in [0.5, 0.6) is 0 Å². The summed E-state index contributed by atoms with van der Waals surface area (Å²) in [5, 5.41) is 0.642. The van der Waals surface area contributed by atoms with Gasteiger partial charge in [0.1, 0.15) is 5.00 Å². The van der Waals surface area contributed by atoms with Gasteiger partial charge < -0.3 is 11.5 Å². The molecule has 3 nitrogen and oxygen atoms in total. The fourth-order valence-electron chi connectivity index (χ4n) is 0.762. The largest absolute Gasteiger partial charge is 0.395 e. The molecule has 0 unspecified atom stereocenters. The Kier molecular flexibility index (Phi) is 2.11. The number of nitrogen functional groups attached to an aromatic ring is 2. The van der Waals surface area contributed by atoms with Crippen LogP contribution < -0.4 is 11.5 Å². The fraction of sp³-hybridized carbons (Fsp3) is 0.500. The van der Waals surface area contributed by atoms with Crippen LogP contribution in [0.25, 0.3) is 0 Å². The average molecular weight is 157 g/mol. The van der Waals surface area contributed by atoms with Gasteiger partial charge in [0, 0.05) is 0 Å². The van der Waals surface area contributed by atoms with Crippen LogP contribution in [0.4, 0.5) is 10.7 Å². The molecule has 0 amide bonds. The predicted octanol–water partition coefficient (Wildman–Crippen LogP) is 1.26. The summed E-state index contributed by atoms with van der Waals surface area (Å²) in [4.78, 5) is 0. The Labute approximate surface area is 64.2 Å². The van der Waals surface area contributed by atoms with Crippen molar-refractivity contribution in [1.82, 2.24) is 4.37 Å². The van der Waals surface area contributed by atoms with Crippen LogP contribution in [0.2, 0.25) is 0 Å². The molecule has 0 atom stereocenters. The Hall–Kier alpha value is -0.770. The van der Waals surface area contributed by atoms with E-state index in [2.05, 4.69) is 11.3 Å². The topological polar surface area (TPSA) is 64.9 Å². The first-order chi connectivity index (χ1) is 4.75. The van der Waals surface area contributed by atoms with E-state index in [0.717, 1.165) is 18.5 Å². The zero-order valence-electron chi connectivity index (χ0n) is 5.92. The Morgan fingerprint density at radius 3 is 2.60 bits per heavy atom. The molecule has 0 saturated heterocycles. The second-order valence-corrected chi connectivity index (χ2v) is 2.96. The molecule has 0 aliphatic rings. The van der Waals surface area contributed by atoms with E-state index in [4.69, 9.17) is 11.5 Å². The van der Waals surface area contributed by atoms with Gasteiger partial charge >= 0.3 is 0 Å². The number of nitrogens with zero attached hydrogens (tertiary/aromatic N) is 1. The first kappa shape index (κ1) is 7.34. The number of hydrogen-bond donors (Lipinski definition) is 2. The first-order valence-electron chi connectivity index (χ1n) is 3.25. The predicted molar refractivity (Wildman–Crippen MR) is 44.9 cm³/mol. The molecule has 4 heteroatoms. The lowest BCUT2D eigenvalue weighted by Crippen LogP contribution is -1.93. The Balaban J connectivity index is 2.83. The van der Waals surface area contributed by atoms with Gasteiger partial charge in [-0.3, -0.25) is 0 Å². The van der Waals surface area contributed by atoms with E-state index in [1.807, 2.05) is 0 Å². The molecule has 1 heterocycles. The van der Waals surface area contributed by atoms with Crippen LogP contribution in [0, 0.1) is 0 Å². The molecule has 56 valence electrons. The SMILES string of the molecule is CCCc1nsc(N)c1N. The molecule has 1 aromatic heterocycles. The molecule has 0 aromatic carbocycles. The lowest BCUT2D eigenvalue weighted by atomic mass is 10.2. The van der Waals surface area contributed by atoms with Gasteiger partial charge in [-0.25, -0.2) is 0 Å². The summed E-state index contributed by atoms with van der Waals surface area (Å²) in [5.74, 6) is 0. The van der Waals surface area contributed by atoms with Crippen molar-refractivity contribution in [2.75, 3.05) is 11.5 Å². The third-order valence-electron chi connectivity index (χ3n) is 1.32. The van der Waals surface area contributed by atoms with Crippen molar-refractivity contribution in [3.05, 3.63) is 5.69 Å². The van der Waals surface area contributed by atoms with E-state index < -0.39 is 0 Å². The summed E-state index contributed by atoms with van der Waals surface area (Å²) in [6.45, 7) is 2.09. The Bertz CT molecular complexity index is 219. The quantitative estimate of drug-likeness (QED) is 0.679. The summed E-state index contributed by atoms with van der Waals surface area (Å²) in [6.07, 6.45) is 1.99. The third kappa shape index (κ3) is 1.21. The third-order valence-corrected chi connectivity index (χ3v) is 2.05. The fourth-order valence-corrected chi connectivity index (χ4v) is 1.38. The summed E-state index contributed by atoms with van der Waals surface area (Å²) in [7, 11) is 0. The molecule has 0 saturated carbocycles. The van der Waals surface area contributed by atoms with E-state index in [-0.39, 0.29) is 0 Å². The van der Waals surface area contributed by atoms with Crippen LogP contribution in [0.1, 0.15) is 19.0 Å². The molecule has 0 bridgehead atoms. The van der Waals surface area contributed by atoms with E-state index in [1.165, 1.54) is 11.5 Å². The highest BCUT2D eigenvalue weighted by Gasteiger charge is 2.04. The van der Waals surface area contributed by atoms with Gasteiger partial charge in [-0.2, -0.15) is 4.37 Å². The number of rotatable bonds is 2. The Morgan fingerprint density at radius 2 is 2.20 bits per heavy atom. The van der Waals surface area contributed by atoms with Crippen LogP contribution in [-0.2, 0) is 6.42 Å². The van der Waals surface area contributed by atoms with Crippen molar-refractivity contribution in [2.24, 2.45) is 0 Å². The molecule has 0 fully saturated rings.